The highest BCUT2D eigenvalue weighted by molar-refractivity contribution is 5.20. The molecule has 2 rings (SSSR count). The average Bonchev–Trinajstić information content (AvgIpc) is 2.29. The molecule has 0 aliphatic heterocycles. The van der Waals surface area contributed by atoms with Gasteiger partial charge in [-0.3, -0.25) is 0 Å². The Bertz CT molecular complexity index is 343. The summed E-state index contributed by atoms with van der Waals surface area (Å²) in [7, 11) is 0. The Hall–Kier alpha value is -1.32. The molecule has 1 aromatic heterocycles. The summed E-state index contributed by atoms with van der Waals surface area (Å²) in [6.45, 7) is 2.25. The van der Waals surface area contributed by atoms with Crippen molar-refractivity contribution < 1.29 is 4.74 Å². The monoisotopic (exact) mass is 221 g/mol. The van der Waals surface area contributed by atoms with Gasteiger partial charge in [0.05, 0.1) is 0 Å². The Balaban J connectivity index is 1.94. The SMILES string of the molecule is CCC1CCCC(Oc2ccnc(N)n2)C1. The molecule has 1 saturated carbocycles. The number of anilines is 1. The van der Waals surface area contributed by atoms with Crippen LogP contribution in [0.15, 0.2) is 12.3 Å². The Kier molecular flexibility index (Phi) is 3.59. The number of hydrogen-bond acceptors (Lipinski definition) is 4. The molecule has 16 heavy (non-hydrogen) atoms. The van der Waals surface area contributed by atoms with Gasteiger partial charge in [-0.15, -0.1) is 0 Å². The summed E-state index contributed by atoms with van der Waals surface area (Å²) in [5, 5.41) is 0. The molecule has 1 aliphatic carbocycles. The first-order chi connectivity index (χ1) is 7.78. The predicted molar refractivity (Wildman–Crippen MR) is 63.1 cm³/mol. The third-order valence-electron chi connectivity index (χ3n) is 3.25. The topological polar surface area (TPSA) is 61.0 Å². The highest BCUT2D eigenvalue weighted by Crippen LogP contribution is 2.28. The third-order valence-corrected chi connectivity index (χ3v) is 3.25. The Morgan fingerprint density at radius 1 is 1.50 bits per heavy atom. The van der Waals surface area contributed by atoms with Crippen molar-refractivity contribution in [2.24, 2.45) is 5.92 Å². The van der Waals surface area contributed by atoms with E-state index in [1.807, 2.05) is 0 Å². The van der Waals surface area contributed by atoms with Crippen LogP contribution in [0, 0.1) is 5.92 Å². The molecule has 1 fully saturated rings. The normalized spacial score (nSPS) is 25.3. The maximum absolute atomic E-state index is 5.84. The van der Waals surface area contributed by atoms with Crippen molar-refractivity contribution in [1.29, 1.82) is 0 Å². The second-order valence-corrected chi connectivity index (χ2v) is 4.43. The maximum atomic E-state index is 5.84. The van der Waals surface area contributed by atoms with Gasteiger partial charge in [0.25, 0.3) is 0 Å². The zero-order chi connectivity index (χ0) is 11.4. The van der Waals surface area contributed by atoms with Crippen molar-refractivity contribution in [2.75, 3.05) is 5.73 Å². The summed E-state index contributed by atoms with van der Waals surface area (Å²) in [6.07, 6.45) is 8.03. The van der Waals surface area contributed by atoms with Crippen LogP contribution < -0.4 is 10.5 Å². The largest absolute Gasteiger partial charge is 0.474 e. The fourth-order valence-electron chi connectivity index (χ4n) is 2.31. The maximum Gasteiger partial charge on any atom is 0.223 e. The molecule has 1 aromatic rings. The van der Waals surface area contributed by atoms with E-state index in [2.05, 4.69) is 16.9 Å². The van der Waals surface area contributed by atoms with Crippen molar-refractivity contribution in [3.63, 3.8) is 0 Å². The zero-order valence-corrected chi connectivity index (χ0v) is 9.72. The summed E-state index contributed by atoms with van der Waals surface area (Å²) in [6, 6.07) is 1.77. The van der Waals surface area contributed by atoms with Gasteiger partial charge in [-0.2, -0.15) is 4.98 Å². The first kappa shape index (κ1) is 11.2. The Morgan fingerprint density at radius 2 is 2.38 bits per heavy atom. The summed E-state index contributed by atoms with van der Waals surface area (Å²) in [4.78, 5) is 7.91. The minimum atomic E-state index is 0.278. The van der Waals surface area contributed by atoms with Crippen molar-refractivity contribution in [3.8, 4) is 5.88 Å². The lowest BCUT2D eigenvalue weighted by atomic mass is 9.85. The van der Waals surface area contributed by atoms with Gasteiger partial charge in [0.1, 0.15) is 6.10 Å². The van der Waals surface area contributed by atoms with Crippen LogP contribution in [0.1, 0.15) is 39.0 Å². The minimum Gasteiger partial charge on any atom is -0.474 e. The van der Waals surface area contributed by atoms with Crippen LogP contribution in [-0.2, 0) is 0 Å². The molecule has 1 aliphatic rings. The summed E-state index contributed by atoms with van der Waals surface area (Å²) in [5.74, 6) is 1.69. The van der Waals surface area contributed by atoms with E-state index >= 15 is 0 Å². The molecule has 0 bridgehead atoms. The van der Waals surface area contributed by atoms with Crippen LogP contribution in [0.25, 0.3) is 0 Å². The van der Waals surface area contributed by atoms with Crippen LogP contribution >= 0.6 is 0 Å². The molecule has 0 saturated heterocycles. The first-order valence-electron chi connectivity index (χ1n) is 6.03. The molecule has 4 heteroatoms. The molecule has 2 atom stereocenters. The van der Waals surface area contributed by atoms with E-state index in [9.17, 15) is 0 Å². The third kappa shape index (κ3) is 2.84. The Morgan fingerprint density at radius 3 is 3.12 bits per heavy atom. The number of nitrogen functional groups attached to an aromatic ring is 1. The molecule has 0 spiro atoms. The van der Waals surface area contributed by atoms with Gasteiger partial charge < -0.3 is 10.5 Å². The molecular weight excluding hydrogens is 202 g/mol. The first-order valence-corrected chi connectivity index (χ1v) is 6.03. The average molecular weight is 221 g/mol. The lowest BCUT2D eigenvalue weighted by Gasteiger charge is -2.28. The van der Waals surface area contributed by atoms with E-state index in [1.54, 1.807) is 12.3 Å². The second kappa shape index (κ2) is 5.14. The van der Waals surface area contributed by atoms with Crippen molar-refractivity contribution in [1.82, 2.24) is 9.97 Å². The van der Waals surface area contributed by atoms with Gasteiger partial charge in [-0.05, 0) is 25.2 Å². The molecule has 2 N–H and O–H groups in total. The van der Waals surface area contributed by atoms with Gasteiger partial charge in [-0.25, -0.2) is 4.98 Å². The van der Waals surface area contributed by atoms with E-state index in [0.717, 1.165) is 18.8 Å². The van der Waals surface area contributed by atoms with Crippen molar-refractivity contribution in [3.05, 3.63) is 12.3 Å². The van der Waals surface area contributed by atoms with Gasteiger partial charge in [0.2, 0.25) is 11.8 Å². The molecule has 0 amide bonds. The summed E-state index contributed by atoms with van der Waals surface area (Å²) >= 11 is 0. The van der Waals surface area contributed by atoms with E-state index in [0.29, 0.717) is 12.0 Å². The van der Waals surface area contributed by atoms with E-state index < -0.39 is 0 Å². The van der Waals surface area contributed by atoms with Crippen LogP contribution in [0.2, 0.25) is 0 Å². The number of aromatic nitrogens is 2. The van der Waals surface area contributed by atoms with Gasteiger partial charge in [0.15, 0.2) is 0 Å². The fourth-order valence-corrected chi connectivity index (χ4v) is 2.31. The van der Waals surface area contributed by atoms with Crippen LogP contribution in [0.4, 0.5) is 5.95 Å². The zero-order valence-electron chi connectivity index (χ0n) is 9.72. The number of rotatable bonds is 3. The summed E-state index contributed by atoms with van der Waals surface area (Å²) in [5.41, 5.74) is 5.51. The van der Waals surface area contributed by atoms with Gasteiger partial charge >= 0.3 is 0 Å². The number of ether oxygens (including phenoxy) is 1. The number of nitrogens with zero attached hydrogens (tertiary/aromatic N) is 2. The minimum absolute atomic E-state index is 0.278. The van der Waals surface area contributed by atoms with Crippen molar-refractivity contribution in [2.45, 2.75) is 45.1 Å². The molecule has 4 nitrogen and oxygen atoms in total. The molecular formula is C12H19N3O. The molecule has 2 unspecified atom stereocenters. The molecule has 88 valence electrons. The van der Waals surface area contributed by atoms with Crippen LogP contribution in [0.5, 0.6) is 5.88 Å². The van der Waals surface area contributed by atoms with E-state index in [-0.39, 0.29) is 5.95 Å². The fraction of sp³-hybridized carbons (Fsp3) is 0.667. The summed E-state index contributed by atoms with van der Waals surface area (Å²) < 4.78 is 5.84. The van der Waals surface area contributed by atoms with Crippen LogP contribution in [-0.4, -0.2) is 16.1 Å². The standard InChI is InChI=1S/C12H19N3O/c1-2-9-4-3-5-10(8-9)16-11-6-7-14-12(13)15-11/h6-7,9-10H,2-5,8H2,1H3,(H2,13,14,15). The molecule has 0 radical (unpaired) electrons. The quantitative estimate of drug-likeness (QED) is 0.851. The highest BCUT2D eigenvalue weighted by atomic mass is 16.5. The van der Waals surface area contributed by atoms with Gasteiger partial charge in [0, 0.05) is 12.3 Å². The Labute approximate surface area is 96.2 Å². The van der Waals surface area contributed by atoms with E-state index in [4.69, 9.17) is 10.5 Å². The van der Waals surface area contributed by atoms with E-state index in [1.165, 1.54) is 19.3 Å². The number of nitrogens with two attached hydrogens (primary N) is 1. The number of hydrogen-bond donors (Lipinski definition) is 1. The van der Waals surface area contributed by atoms with Crippen LogP contribution in [0.3, 0.4) is 0 Å². The predicted octanol–water partition coefficient (Wildman–Crippen LogP) is 2.41. The lowest BCUT2D eigenvalue weighted by molar-refractivity contribution is 0.117. The second-order valence-electron chi connectivity index (χ2n) is 4.43. The molecule has 0 aromatic carbocycles. The van der Waals surface area contributed by atoms with Crippen molar-refractivity contribution >= 4 is 5.95 Å². The highest BCUT2D eigenvalue weighted by Gasteiger charge is 2.22. The lowest BCUT2D eigenvalue weighted by Crippen LogP contribution is -2.25. The van der Waals surface area contributed by atoms with Gasteiger partial charge in [-0.1, -0.05) is 19.8 Å². The molecule has 1 heterocycles. The smallest absolute Gasteiger partial charge is 0.223 e.